The van der Waals surface area contributed by atoms with Gasteiger partial charge in [0.15, 0.2) is 0 Å². The van der Waals surface area contributed by atoms with Gasteiger partial charge in [-0.25, -0.2) is 0 Å². The summed E-state index contributed by atoms with van der Waals surface area (Å²) in [5, 5.41) is 0. The predicted octanol–water partition coefficient (Wildman–Crippen LogP) is 1.83. The second-order valence-electron chi connectivity index (χ2n) is 1.87. The highest BCUT2D eigenvalue weighted by Crippen LogP contribution is 2.19. The van der Waals surface area contributed by atoms with Gasteiger partial charge in [-0.1, -0.05) is 0 Å². The van der Waals surface area contributed by atoms with E-state index in [1.807, 2.05) is 0 Å². The minimum absolute atomic E-state index is 0.499. The molecule has 1 nitrogen and oxygen atoms in total. The molecule has 1 aliphatic rings. The van der Waals surface area contributed by atoms with Crippen LogP contribution in [0.5, 0.6) is 0 Å². The molecule has 0 N–H and O–H groups in total. The van der Waals surface area contributed by atoms with Gasteiger partial charge in [0.05, 0.1) is 6.10 Å². The molecule has 0 radical (unpaired) electrons. The molecule has 0 aromatic rings. The van der Waals surface area contributed by atoms with E-state index in [1.165, 1.54) is 18.6 Å². The Hall–Kier alpha value is 0.310. The van der Waals surface area contributed by atoms with Crippen molar-refractivity contribution in [2.75, 3.05) is 5.75 Å². The van der Waals surface area contributed by atoms with E-state index >= 15 is 0 Å². The Labute approximate surface area is 48.6 Å². The summed E-state index contributed by atoms with van der Waals surface area (Å²) >= 11 is 1.60. The maximum atomic E-state index is 5.19. The smallest absolute Gasteiger partial charge is 0.0694 e. The first-order valence-corrected chi connectivity index (χ1v) is 3.59. The van der Waals surface area contributed by atoms with Crippen molar-refractivity contribution < 1.29 is 4.18 Å². The fourth-order valence-corrected chi connectivity index (χ4v) is 1.35. The Bertz CT molecular complexity index is 50.0. The summed E-state index contributed by atoms with van der Waals surface area (Å²) in [6, 6.07) is 0. The fourth-order valence-electron chi connectivity index (χ4n) is 0.642. The zero-order valence-electron chi connectivity index (χ0n) is 4.52. The molecule has 0 amide bonds. The summed E-state index contributed by atoms with van der Waals surface area (Å²) in [6.45, 7) is 2.12. The Morgan fingerprint density at radius 3 is 2.86 bits per heavy atom. The number of hydrogen-bond acceptors (Lipinski definition) is 2. The first-order chi connectivity index (χ1) is 3.39. The molecule has 1 fully saturated rings. The quantitative estimate of drug-likeness (QED) is 0.449. The second kappa shape index (κ2) is 2.58. The molecule has 1 unspecified atom stereocenters. The lowest BCUT2D eigenvalue weighted by molar-refractivity contribution is 0.237. The molecule has 0 bridgehead atoms. The molecule has 1 saturated heterocycles. The summed E-state index contributed by atoms with van der Waals surface area (Å²) in [4.78, 5) is 0. The van der Waals surface area contributed by atoms with E-state index in [0.29, 0.717) is 6.10 Å². The van der Waals surface area contributed by atoms with Gasteiger partial charge in [0, 0.05) is 5.75 Å². The number of hydrogen-bond donors (Lipinski definition) is 0. The fraction of sp³-hybridized carbons (Fsp3) is 1.00. The molecule has 0 aromatic carbocycles. The van der Waals surface area contributed by atoms with Crippen LogP contribution in [-0.2, 0) is 4.18 Å². The lowest BCUT2D eigenvalue weighted by Crippen LogP contribution is -2.08. The van der Waals surface area contributed by atoms with Gasteiger partial charge in [0.1, 0.15) is 0 Å². The first-order valence-electron chi connectivity index (χ1n) is 2.68. The molecule has 1 aliphatic heterocycles. The third-order valence-corrected chi connectivity index (χ3v) is 1.99. The van der Waals surface area contributed by atoms with Crippen molar-refractivity contribution >= 4 is 12.0 Å². The zero-order valence-corrected chi connectivity index (χ0v) is 5.33. The van der Waals surface area contributed by atoms with E-state index < -0.39 is 0 Å². The van der Waals surface area contributed by atoms with Crippen molar-refractivity contribution in [3.63, 3.8) is 0 Å². The Kier molecular flexibility index (Phi) is 2.00. The summed E-state index contributed by atoms with van der Waals surface area (Å²) in [5.74, 6) is 1.18. The van der Waals surface area contributed by atoms with E-state index in [4.69, 9.17) is 4.18 Å². The van der Waals surface area contributed by atoms with Crippen molar-refractivity contribution in [2.45, 2.75) is 25.9 Å². The SMILES string of the molecule is CC1CCCSO1. The van der Waals surface area contributed by atoms with Crippen LogP contribution >= 0.6 is 12.0 Å². The lowest BCUT2D eigenvalue weighted by Gasteiger charge is -2.15. The topological polar surface area (TPSA) is 9.23 Å². The largest absolute Gasteiger partial charge is 0.312 e. The van der Waals surface area contributed by atoms with Crippen LogP contribution in [0.3, 0.4) is 0 Å². The third kappa shape index (κ3) is 1.70. The zero-order chi connectivity index (χ0) is 5.11. The highest BCUT2D eigenvalue weighted by atomic mass is 32.2. The van der Waals surface area contributed by atoms with Crippen molar-refractivity contribution in [1.82, 2.24) is 0 Å². The highest BCUT2D eigenvalue weighted by Gasteiger charge is 2.07. The monoisotopic (exact) mass is 118 g/mol. The average Bonchev–Trinajstić information content (AvgIpc) is 1.69. The molecule has 7 heavy (non-hydrogen) atoms. The maximum Gasteiger partial charge on any atom is 0.0694 e. The molecule has 1 heterocycles. The average molecular weight is 118 g/mol. The van der Waals surface area contributed by atoms with Crippen LogP contribution in [-0.4, -0.2) is 11.9 Å². The molecule has 1 rings (SSSR count). The summed E-state index contributed by atoms with van der Waals surface area (Å²) in [6.07, 6.45) is 3.07. The molecule has 42 valence electrons. The molecular weight excluding hydrogens is 108 g/mol. The van der Waals surface area contributed by atoms with Crippen LogP contribution in [0.15, 0.2) is 0 Å². The van der Waals surface area contributed by atoms with Crippen LogP contribution in [0.2, 0.25) is 0 Å². The molecule has 0 aliphatic carbocycles. The second-order valence-corrected chi connectivity index (χ2v) is 2.71. The Morgan fingerprint density at radius 2 is 2.57 bits per heavy atom. The highest BCUT2D eigenvalue weighted by molar-refractivity contribution is 7.94. The summed E-state index contributed by atoms with van der Waals surface area (Å²) < 4.78 is 5.19. The molecular formula is C5H10OS. The molecule has 0 spiro atoms. The van der Waals surface area contributed by atoms with Gasteiger partial charge in [0.25, 0.3) is 0 Å². The Balaban J connectivity index is 2.12. The minimum atomic E-state index is 0.499. The van der Waals surface area contributed by atoms with Crippen molar-refractivity contribution in [2.24, 2.45) is 0 Å². The van der Waals surface area contributed by atoms with Crippen molar-refractivity contribution in [1.29, 1.82) is 0 Å². The minimum Gasteiger partial charge on any atom is -0.312 e. The van der Waals surface area contributed by atoms with Gasteiger partial charge >= 0.3 is 0 Å². The van der Waals surface area contributed by atoms with Crippen LogP contribution in [0.1, 0.15) is 19.8 Å². The van der Waals surface area contributed by atoms with Gasteiger partial charge in [-0.2, -0.15) is 0 Å². The van der Waals surface area contributed by atoms with Crippen molar-refractivity contribution in [3.05, 3.63) is 0 Å². The lowest BCUT2D eigenvalue weighted by atomic mass is 10.2. The molecule has 0 saturated carbocycles. The first kappa shape index (κ1) is 5.45. The normalized spacial score (nSPS) is 33.0. The standard InChI is InChI=1S/C5H10OS/c1-5-3-2-4-7-6-5/h5H,2-4H2,1H3. The van der Waals surface area contributed by atoms with E-state index in [2.05, 4.69) is 6.92 Å². The maximum absolute atomic E-state index is 5.19. The van der Waals surface area contributed by atoms with Gasteiger partial charge in [-0.3, -0.25) is 0 Å². The number of rotatable bonds is 0. The summed E-state index contributed by atoms with van der Waals surface area (Å²) in [5.41, 5.74) is 0. The summed E-state index contributed by atoms with van der Waals surface area (Å²) in [7, 11) is 0. The van der Waals surface area contributed by atoms with Crippen LogP contribution in [0.4, 0.5) is 0 Å². The molecule has 2 heteroatoms. The van der Waals surface area contributed by atoms with E-state index in [0.717, 1.165) is 0 Å². The predicted molar refractivity (Wildman–Crippen MR) is 32.2 cm³/mol. The van der Waals surface area contributed by atoms with E-state index in [-0.39, 0.29) is 0 Å². The Morgan fingerprint density at radius 1 is 1.71 bits per heavy atom. The van der Waals surface area contributed by atoms with Gasteiger partial charge in [-0.05, 0) is 31.8 Å². The van der Waals surface area contributed by atoms with Gasteiger partial charge in [-0.15, -0.1) is 0 Å². The van der Waals surface area contributed by atoms with Gasteiger partial charge < -0.3 is 4.18 Å². The van der Waals surface area contributed by atoms with Crippen molar-refractivity contribution in [3.8, 4) is 0 Å². The molecule has 0 aromatic heterocycles. The van der Waals surface area contributed by atoms with Crippen LogP contribution < -0.4 is 0 Å². The van der Waals surface area contributed by atoms with E-state index in [9.17, 15) is 0 Å². The van der Waals surface area contributed by atoms with Gasteiger partial charge in [0.2, 0.25) is 0 Å². The van der Waals surface area contributed by atoms with Crippen LogP contribution in [0, 0.1) is 0 Å². The third-order valence-electron chi connectivity index (χ3n) is 1.07. The molecule has 1 atom stereocenters. The van der Waals surface area contributed by atoms with E-state index in [1.54, 1.807) is 12.0 Å². The van der Waals surface area contributed by atoms with Crippen LogP contribution in [0.25, 0.3) is 0 Å².